The first-order valence-electron chi connectivity index (χ1n) is 13.3. The highest BCUT2D eigenvalue weighted by molar-refractivity contribution is 7.80. The van der Waals surface area contributed by atoms with Crippen molar-refractivity contribution in [3.8, 4) is 28.4 Å². The summed E-state index contributed by atoms with van der Waals surface area (Å²) < 4.78 is 11.9. The van der Waals surface area contributed by atoms with Crippen molar-refractivity contribution in [1.29, 1.82) is 0 Å². The number of phenols is 1. The molecule has 0 aliphatic carbocycles. The Balaban J connectivity index is 1.72. The van der Waals surface area contributed by atoms with Crippen molar-refractivity contribution in [1.82, 2.24) is 0 Å². The molecule has 0 radical (unpaired) electrons. The van der Waals surface area contributed by atoms with Crippen LogP contribution < -0.4 is 25.4 Å². The smallest absolute Gasteiger partial charge is 0.131 e. The van der Waals surface area contributed by atoms with E-state index in [0.29, 0.717) is 0 Å². The molecule has 6 aromatic rings. The number of ether oxygens (including phenoxy) is 2. The lowest BCUT2D eigenvalue weighted by Gasteiger charge is -2.27. The van der Waals surface area contributed by atoms with E-state index in [0.717, 1.165) is 71.2 Å². The maximum Gasteiger partial charge on any atom is 0.131 e. The monoisotopic (exact) mass is 542 g/mol. The van der Waals surface area contributed by atoms with Crippen LogP contribution in [-0.2, 0) is 0 Å². The molecule has 0 aliphatic heterocycles. The van der Waals surface area contributed by atoms with E-state index in [-0.39, 0.29) is 5.75 Å². The molecule has 0 fully saturated rings. The maximum absolute atomic E-state index is 12.3. The highest BCUT2D eigenvalue weighted by Crippen LogP contribution is 2.47. The summed E-state index contributed by atoms with van der Waals surface area (Å²) >= 11 is 0. The fourth-order valence-electron chi connectivity index (χ4n) is 5.74. The number of phenolic OH excluding ortho intramolecular Hbond substituents is 1. The molecule has 0 spiro atoms. The van der Waals surface area contributed by atoms with E-state index >= 15 is 0 Å². The van der Waals surface area contributed by atoms with E-state index < -0.39 is 7.92 Å². The summed E-state index contributed by atoms with van der Waals surface area (Å²) in [6.45, 7) is 4.22. The number of hydrogen-bond donors (Lipinski definition) is 1. The van der Waals surface area contributed by atoms with Gasteiger partial charge < -0.3 is 14.6 Å². The standard InChI is InChI=1S/C36H31O3P/c1-23-12-9-19-30(38-3)35(23)40(36-24(2)13-10-20-31(36)39-4)32-21-11-18-29(34(32)37)33-27-16-7-5-14-25(27)22-26-15-6-8-17-28(26)33/h5-22,37H,1-4H3. The molecule has 0 aliphatic rings. The van der Waals surface area contributed by atoms with E-state index in [1.165, 1.54) is 0 Å². The lowest BCUT2D eigenvalue weighted by atomic mass is 9.91. The van der Waals surface area contributed by atoms with Gasteiger partial charge in [0, 0.05) is 27.0 Å². The van der Waals surface area contributed by atoms with Gasteiger partial charge in [-0.05, 0) is 72.6 Å². The largest absolute Gasteiger partial charge is 0.507 e. The molecular weight excluding hydrogens is 511 g/mol. The van der Waals surface area contributed by atoms with Gasteiger partial charge in [-0.3, -0.25) is 0 Å². The molecular formula is C36H31O3P. The summed E-state index contributed by atoms with van der Waals surface area (Å²) in [5.41, 5.74) is 4.07. The van der Waals surface area contributed by atoms with Crippen LogP contribution in [0.4, 0.5) is 0 Å². The zero-order valence-electron chi connectivity index (χ0n) is 23.1. The Morgan fingerprint density at radius 3 is 1.60 bits per heavy atom. The molecule has 40 heavy (non-hydrogen) atoms. The number of rotatable bonds is 6. The summed E-state index contributed by atoms with van der Waals surface area (Å²) in [5.74, 6) is 1.89. The van der Waals surface area contributed by atoms with Crippen molar-refractivity contribution in [3.05, 3.63) is 120 Å². The Hall–Kier alpha value is -4.33. The van der Waals surface area contributed by atoms with Crippen LogP contribution in [0.2, 0.25) is 0 Å². The average Bonchev–Trinajstić information content (AvgIpc) is 2.98. The predicted octanol–water partition coefficient (Wildman–Crippen LogP) is 7.76. The highest BCUT2D eigenvalue weighted by atomic mass is 31.1. The quantitative estimate of drug-likeness (QED) is 0.173. The Morgan fingerprint density at radius 1 is 0.575 bits per heavy atom. The van der Waals surface area contributed by atoms with Gasteiger partial charge in [0.1, 0.15) is 17.2 Å². The minimum Gasteiger partial charge on any atom is -0.507 e. The van der Waals surface area contributed by atoms with Crippen molar-refractivity contribution in [2.24, 2.45) is 0 Å². The van der Waals surface area contributed by atoms with Crippen LogP contribution in [0, 0.1) is 13.8 Å². The SMILES string of the molecule is COc1cccc(C)c1P(c1cccc(-c2c3ccccc3cc3ccccc23)c1O)c1c(C)cccc1OC. The predicted molar refractivity (Wildman–Crippen MR) is 170 cm³/mol. The van der Waals surface area contributed by atoms with Crippen LogP contribution in [-0.4, -0.2) is 19.3 Å². The first-order chi connectivity index (χ1) is 19.5. The first kappa shape index (κ1) is 25.9. The number of fused-ring (bicyclic) bond motifs is 2. The van der Waals surface area contributed by atoms with Crippen LogP contribution in [0.15, 0.2) is 109 Å². The minimum absolute atomic E-state index is 0.283. The van der Waals surface area contributed by atoms with Crippen LogP contribution in [0.3, 0.4) is 0 Å². The third-order valence-corrected chi connectivity index (χ3v) is 10.5. The van der Waals surface area contributed by atoms with Crippen molar-refractivity contribution in [2.75, 3.05) is 14.2 Å². The van der Waals surface area contributed by atoms with E-state index in [1.54, 1.807) is 14.2 Å². The van der Waals surface area contributed by atoms with Gasteiger partial charge in [0.25, 0.3) is 0 Å². The normalized spacial score (nSPS) is 11.3. The van der Waals surface area contributed by atoms with Gasteiger partial charge >= 0.3 is 0 Å². The molecule has 198 valence electrons. The number of benzene rings is 6. The molecule has 1 N–H and O–H groups in total. The average molecular weight is 543 g/mol. The topological polar surface area (TPSA) is 38.7 Å². The number of aryl methyl sites for hydroxylation is 2. The fourth-order valence-corrected chi connectivity index (χ4v) is 8.64. The zero-order chi connectivity index (χ0) is 27.8. The van der Waals surface area contributed by atoms with E-state index in [9.17, 15) is 5.11 Å². The Labute approximate surface area is 236 Å². The fraction of sp³-hybridized carbons (Fsp3) is 0.111. The van der Waals surface area contributed by atoms with Crippen molar-refractivity contribution < 1.29 is 14.6 Å². The van der Waals surface area contributed by atoms with Crippen molar-refractivity contribution in [2.45, 2.75) is 13.8 Å². The molecule has 4 heteroatoms. The number of methoxy groups -OCH3 is 2. The Morgan fingerprint density at radius 2 is 1.07 bits per heavy atom. The summed E-state index contributed by atoms with van der Waals surface area (Å²) in [6, 6.07) is 37.4. The van der Waals surface area contributed by atoms with Crippen LogP contribution in [0.1, 0.15) is 11.1 Å². The number of para-hydroxylation sites is 1. The lowest BCUT2D eigenvalue weighted by Crippen LogP contribution is -2.26. The van der Waals surface area contributed by atoms with Gasteiger partial charge in [0.05, 0.1) is 14.2 Å². The van der Waals surface area contributed by atoms with E-state index in [4.69, 9.17) is 9.47 Å². The molecule has 0 amide bonds. The molecule has 0 saturated carbocycles. The second-order valence-corrected chi connectivity index (χ2v) is 12.0. The summed E-state index contributed by atoms with van der Waals surface area (Å²) in [7, 11) is 2.16. The molecule has 6 rings (SSSR count). The molecule has 0 aromatic heterocycles. The van der Waals surface area contributed by atoms with Gasteiger partial charge in [-0.15, -0.1) is 0 Å². The summed E-state index contributed by atoms with van der Waals surface area (Å²) in [6.07, 6.45) is 0. The molecule has 0 bridgehead atoms. The van der Waals surface area contributed by atoms with Crippen molar-refractivity contribution in [3.63, 3.8) is 0 Å². The summed E-state index contributed by atoms with van der Waals surface area (Å²) in [4.78, 5) is 0. The van der Waals surface area contributed by atoms with Gasteiger partial charge in [-0.1, -0.05) is 91.0 Å². The van der Waals surface area contributed by atoms with Crippen molar-refractivity contribution >= 4 is 45.4 Å². The highest BCUT2D eigenvalue weighted by Gasteiger charge is 2.30. The summed E-state index contributed by atoms with van der Waals surface area (Å²) in [5, 5.41) is 19.8. The second-order valence-electron chi connectivity index (χ2n) is 9.95. The molecule has 0 heterocycles. The molecule has 3 nitrogen and oxygen atoms in total. The van der Waals surface area contributed by atoms with Crippen LogP contribution in [0.5, 0.6) is 17.2 Å². The second kappa shape index (κ2) is 10.7. The number of aromatic hydroxyl groups is 1. The van der Waals surface area contributed by atoms with Crippen LogP contribution >= 0.6 is 7.92 Å². The Kier molecular flexibility index (Phi) is 6.92. The van der Waals surface area contributed by atoms with Gasteiger partial charge in [0.2, 0.25) is 0 Å². The molecule has 0 saturated heterocycles. The van der Waals surface area contributed by atoms with Gasteiger partial charge in [-0.25, -0.2) is 0 Å². The van der Waals surface area contributed by atoms with Crippen LogP contribution in [0.25, 0.3) is 32.7 Å². The molecule has 0 atom stereocenters. The third-order valence-electron chi connectivity index (χ3n) is 7.58. The lowest BCUT2D eigenvalue weighted by molar-refractivity contribution is 0.417. The van der Waals surface area contributed by atoms with Gasteiger partial charge in [0.15, 0.2) is 0 Å². The third kappa shape index (κ3) is 4.28. The minimum atomic E-state index is -1.25. The zero-order valence-corrected chi connectivity index (χ0v) is 24.0. The Bertz CT molecular complexity index is 1770. The molecule has 6 aromatic carbocycles. The molecule has 0 unspecified atom stereocenters. The van der Waals surface area contributed by atoms with Gasteiger partial charge in [-0.2, -0.15) is 0 Å². The van der Waals surface area contributed by atoms with E-state index in [1.807, 2.05) is 30.3 Å². The first-order valence-corrected chi connectivity index (χ1v) is 14.7. The van der Waals surface area contributed by atoms with E-state index in [2.05, 4.69) is 92.7 Å². The maximum atomic E-state index is 12.3. The number of hydrogen-bond acceptors (Lipinski definition) is 3.